The fraction of sp³-hybridized carbons (Fsp3) is 0.150. The van der Waals surface area contributed by atoms with Crippen molar-refractivity contribution in [3.05, 3.63) is 77.1 Å². The Morgan fingerprint density at radius 3 is 2.62 bits per heavy atom. The summed E-state index contributed by atoms with van der Waals surface area (Å²) in [5.74, 6) is 0.178. The van der Waals surface area contributed by atoms with Gasteiger partial charge < -0.3 is 10.2 Å². The summed E-state index contributed by atoms with van der Waals surface area (Å²) >= 11 is 6.11. The minimum atomic E-state index is -0.303. The van der Waals surface area contributed by atoms with E-state index in [4.69, 9.17) is 11.6 Å². The van der Waals surface area contributed by atoms with Gasteiger partial charge in [-0.1, -0.05) is 35.9 Å². The number of halogens is 1. The molecule has 6 heteroatoms. The second-order valence-corrected chi connectivity index (χ2v) is 6.10. The molecule has 0 aliphatic rings. The van der Waals surface area contributed by atoms with Crippen molar-refractivity contribution >= 4 is 34.8 Å². The third-order valence-corrected chi connectivity index (χ3v) is 4.43. The molecule has 0 bridgehead atoms. The van der Waals surface area contributed by atoms with E-state index >= 15 is 0 Å². The number of hydrogen-bond donors (Lipinski definition) is 1. The Kier molecular flexibility index (Phi) is 5.49. The molecule has 5 nitrogen and oxygen atoms in total. The molecule has 1 aromatic heterocycles. The van der Waals surface area contributed by atoms with E-state index in [0.29, 0.717) is 28.9 Å². The molecule has 0 aliphatic heterocycles. The lowest BCUT2D eigenvalue weighted by atomic mass is 10.2. The Hall–Kier alpha value is -2.92. The van der Waals surface area contributed by atoms with Gasteiger partial charge in [0.1, 0.15) is 5.69 Å². The van der Waals surface area contributed by atoms with Gasteiger partial charge in [-0.25, -0.2) is 9.97 Å². The number of carbonyl (C=O) groups is 1. The number of amides is 1. The number of nitrogens with zero attached hydrogens (tertiary/aromatic N) is 3. The van der Waals surface area contributed by atoms with Crippen LogP contribution in [0.1, 0.15) is 23.0 Å². The molecule has 0 fully saturated rings. The van der Waals surface area contributed by atoms with Crippen LogP contribution in [-0.2, 0) is 0 Å². The molecular weight excluding hydrogens is 348 g/mol. The molecule has 1 N–H and O–H groups in total. The van der Waals surface area contributed by atoms with Crippen molar-refractivity contribution in [2.45, 2.75) is 13.8 Å². The van der Waals surface area contributed by atoms with Gasteiger partial charge in [0, 0.05) is 29.1 Å². The van der Waals surface area contributed by atoms with E-state index in [-0.39, 0.29) is 5.91 Å². The molecule has 26 heavy (non-hydrogen) atoms. The van der Waals surface area contributed by atoms with Crippen molar-refractivity contribution in [2.24, 2.45) is 0 Å². The van der Waals surface area contributed by atoms with Crippen molar-refractivity contribution in [3.63, 3.8) is 0 Å². The first kappa shape index (κ1) is 17.9. The van der Waals surface area contributed by atoms with Crippen molar-refractivity contribution in [1.82, 2.24) is 9.97 Å². The number of para-hydroxylation sites is 1. The van der Waals surface area contributed by atoms with Crippen LogP contribution in [0.5, 0.6) is 0 Å². The lowest BCUT2D eigenvalue weighted by molar-refractivity contribution is 0.102. The zero-order chi connectivity index (χ0) is 18.5. The number of nitrogens with one attached hydrogen (secondary N) is 1. The van der Waals surface area contributed by atoms with E-state index in [2.05, 4.69) is 15.3 Å². The van der Waals surface area contributed by atoms with Crippen LogP contribution < -0.4 is 10.2 Å². The van der Waals surface area contributed by atoms with Crippen molar-refractivity contribution in [1.29, 1.82) is 0 Å². The summed E-state index contributed by atoms with van der Waals surface area (Å²) < 4.78 is 0. The standard InChI is InChI=1S/C20H19ClN4O/c1-3-25(15-8-5-4-6-9-15)20-22-13-12-18(24-20)19(26)23-17-11-7-10-16(21)14(17)2/h4-13H,3H2,1-2H3,(H,23,26). The highest BCUT2D eigenvalue weighted by molar-refractivity contribution is 6.31. The summed E-state index contributed by atoms with van der Waals surface area (Å²) in [7, 11) is 0. The Balaban J connectivity index is 1.86. The number of anilines is 3. The zero-order valence-electron chi connectivity index (χ0n) is 14.6. The Morgan fingerprint density at radius 2 is 1.88 bits per heavy atom. The molecular formula is C20H19ClN4O. The smallest absolute Gasteiger partial charge is 0.274 e. The van der Waals surface area contributed by atoms with Gasteiger partial charge >= 0.3 is 0 Å². The quantitative estimate of drug-likeness (QED) is 0.701. The number of rotatable bonds is 5. The summed E-state index contributed by atoms with van der Waals surface area (Å²) in [5.41, 5.74) is 2.75. The maximum atomic E-state index is 12.6. The van der Waals surface area contributed by atoms with Gasteiger partial charge in [-0.15, -0.1) is 0 Å². The summed E-state index contributed by atoms with van der Waals surface area (Å²) in [4.78, 5) is 23.3. The third kappa shape index (κ3) is 3.83. The van der Waals surface area contributed by atoms with Crippen molar-refractivity contribution in [2.75, 3.05) is 16.8 Å². The molecule has 132 valence electrons. The molecule has 0 aliphatic carbocycles. The summed E-state index contributed by atoms with van der Waals surface area (Å²) in [6.45, 7) is 4.55. The highest BCUT2D eigenvalue weighted by atomic mass is 35.5. The van der Waals surface area contributed by atoms with Crippen LogP contribution >= 0.6 is 11.6 Å². The molecule has 0 unspecified atom stereocenters. The number of aromatic nitrogens is 2. The lowest BCUT2D eigenvalue weighted by Crippen LogP contribution is -2.21. The Morgan fingerprint density at radius 1 is 1.12 bits per heavy atom. The molecule has 3 rings (SSSR count). The maximum absolute atomic E-state index is 12.6. The summed E-state index contributed by atoms with van der Waals surface area (Å²) in [6, 6.07) is 16.8. The SMILES string of the molecule is CCN(c1ccccc1)c1nccc(C(=O)Nc2cccc(Cl)c2C)n1. The first-order chi connectivity index (χ1) is 12.6. The van der Waals surface area contributed by atoms with Gasteiger partial charge in [0.05, 0.1) is 0 Å². The van der Waals surface area contributed by atoms with Gasteiger partial charge in [-0.3, -0.25) is 4.79 Å². The van der Waals surface area contributed by atoms with Crippen molar-refractivity contribution < 1.29 is 4.79 Å². The van der Waals surface area contributed by atoms with Crippen molar-refractivity contribution in [3.8, 4) is 0 Å². The molecule has 0 saturated heterocycles. The maximum Gasteiger partial charge on any atom is 0.274 e. The monoisotopic (exact) mass is 366 g/mol. The minimum Gasteiger partial charge on any atom is -0.320 e. The first-order valence-electron chi connectivity index (χ1n) is 8.32. The van der Waals surface area contributed by atoms with Gasteiger partial charge in [-0.05, 0) is 49.7 Å². The summed E-state index contributed by atoms with van der Waals surface area (Å²) in [6.07, 6.45) is 1.59. The highest BCUT2D eigenvalue weighted by Gasteiger charge is 2.15. The normalized spacial score (nSPS) is 10.4. The topological polar surface area (TPSA) is 58.1 Å². The molecule has 1 amide bonds. The van der Waals surface area contributed by atoms with Crippen LogP contribution in [0.2, 0.25) is 5.02 Å². The second kappa shape index (κ2) is 7.97. The number of carbonyl (C=O) groups excluding carboxylic acids is 1. The van der Waals surface area contributed by atoms with E-state index in [1.807, 2.05) is 55.1 Å². The van der Waals surface area contributed by atoms with Gasteiger partial charge in [0.2, 0.25) is 5.95 Å². The van der Waals surface area contributed by atoms with E-state index in [0.717, 1.165) is 11.3 Å². The average molecular weight is 367 g/mol. The molecule has 3 aromatic rings. The van der Waals surface area contributed by atoms with Crippen LogP contribution in [0.15, 0.2) is 60.8 Å². The average Bonchev–Trinajstić information content (AvgIpc) is 2.67. The largest absolute Gasteiger partial charge is 0.320 e. The number of hydrogen-bond acceptors (Lipinski definition) is 4. The predicted molar refractivity (Wildman–Crippen MR) is 105 cm³/mol. The molecule has 0 atom stereocenters. The van der Waals surface area contributed by atoms with Gasteiger partial charge in [0.25, 0.3) is 5.91 Å². The van der Waals surface area contributed by atoms with E-state index in [1.165, 1.54) is 0 Å². The fourth-order valence-corrected chi connectivity index (χ4v) is 2.76. The Bertz CT molecular complexity index is 915. The zero-order valence-corrected chi connectivity index (χ0v) is 15.4. The van der Waals surface area contributed by atoms with Crippen LogP contribution in [0.4, 0.5) is 17.3 Å². The van der Waals surface area contributed by atoms with Crippen LogP contribution in [0.3, 0.4) is 0 Å². The first-order valence-corrected chi connectivity index (χ1v) is 8.70. The minimum absolute atomic E-state index is 0.295. The van der Waals surface area contributed by atoms with Crippen LogP contribution in [0, 0.1) is 6.92 Å². The van der Waals surface area contributed by atoms with Gasteiger partial charge in [-0.2, -0.15) is 0 Å². The fourth-order valence-electron chi connectivity index (χ4n) is 2.58. The molecule has 0 spiro atoms. The number of benzene rings is 2. The Labute approximate surface area is 157 Å². The van der Waals surface area contributed by atoms with E-state index in [1.54, 1.807) is 24.4 Å². The van der Waals surface area contributed by atoms with E-state index in [9.17, 15) is 4.79 Å². The van der Waals surface area contributed by atoms with Crippen LogP contribution in [-0.4, -0.2) is 22.4 Å². The lowest BCUT2D eigenvalue weighted by Gasteiger charge is -2.21. The molecule has 2 aromatic carbocycles. The van der Waals surface area contributed by atoms with E-state index < -0.39 is 0 Å². The summed E-state index contributed by atoms with van der Waals surface area (Å²) in [5, 5.41) is 3.46. The molecule has 1 heterocycles. The molecule has 0 radical (unpaired) electrons. The third-order valence-electron chi connectivity index (χ3n) is 4.02. The second-order valence-electron chi connectivity index (χ2n) is 5.69. The van der Waals surface area contributed by atoms with Gasteiger partial charge in [0.15, 0.2) is 0 Å². The molecule has 0 saturated carbocycles. The predicted octanol–water partition coefficient (Wildman–Crippen LogP) is 4.85. The van der Waals surface area contributed by atoms with Crippen LogP contribution in [0.25, 0.3) is 0 Å². The highest BCUT2D eigenvalue weighted by Crippen LogP contribution is 2.24.